The average Bonchev–Trinajstić information content (AvgIpc) is 2.43. The molecule has 0 aliphatic heterocycles. The predicted molar refractivity (Wildman–Crippen MR) is 77.0 cm³/mol. The molecule has 0 fully saturated rings. The zero-order valence-electron chi connectivity index (χ0n) is 12.4. The number of carbonyl (C=O) groups is 2. The number of hydrogen-bond acceptors (Lipinski definition) is 4. The number of carboxylic acid groups (broad SMARTS) is 1. The van der Waals surface area contributed by atoms with Gasteiger partial charge >= 0.3 is 5.97 Å². The SMILES string of the molecule is COc1ccc(C(O)C(NC(=O)CC(C)C)C(=O)O)cc1. The summed E-state index contributed by atoms with van der Waals surface area (Å²) in [6.07, 6.45) is -1.12. The van der Waals surface area contributed by atoms with Crippen molar-refractivity contribution in [3.8, 4) is 5.75 Å². The van der Waals surface area contributed by atoms with Gasteiger partial charge < -0.3 is 20.3 Å². The van der Waals surface area contributed by atoms with Crippen LogP contribution in [0.2, 0.25) is 0 Å². The van der Waals surface area contributed by atoms with Gasteiger partial charge in [-0.05, 0) is 23.6 Å². The Balaban J connectivity index is 2.83. The van der Waals surface area contributed by atoms with Crippen molar-refractivity contribution in [1.29, 1.82) is 0 Å². The van der Waals surface area contributed by atoms with Gasteiger partial charge in [-0.1, -0.05) is 26.0 Å². The third kappa shape index (κ3) is 5.07. The van der Waals surface area contributed by atoms with E-state index in [4.69, 9.17) is 4.74 Å². The maximum Gasteiger partial charge on any atom is 0.329 e. The van der Waals surface area contributed by atoms with Crippen LogP contribution >= 0.6 is 0 Å². The summed E-state index contributed by atoms with van der Waals surface area (Å²) in [5.74, 6) is -0.973. The van der Waals surface area contributed by atoms with E-state index in [1.54, 1.807) is 24.3 Å². The van der Waals surface area contributed by atoms with Crippen molar-refractivity contribution in [2.45, 2.75) is 32.4 Å². The number of methoxy groups -OCH3 is 1. The van der Waals surface area contributed by atoms with Gasteiger partial charge in [-0.2, -0.15) is 0 Å². The molecule has 2 unspecified atom stereocenters. The van der Waals surface area contributed by atoms with Gasteiger partial charge in [0, 0.05) is 6.42 Å². The zero-order chi connectivity index (χ0) is 16.0. The first kappa shape index (κ1) is 17.0. The first-order valence-electron chi connectivity index (χ1n) is 6.69. The van der Waals surface area contributed by atoms with Gasteiger partial charge in [0.05, 0.1) is 7.11 Å². The Labute approximate surface area is 123 Å². The molecule has 116 valence electrons. The Morgan fingerprint density at radius 3 is 2.24 bits per heavy atom. The smallest absolute Gasteiger partial charge is 0.329 e. The molecule has 21 heavy (non-hydrogen) atoms. The van der Waals surface area contributed by atoms with Gasteiger partial charge in [0.2, 0.25) is 5.91 Å². The molecule has 0 aromatic heterocycles. The van der Waals surface area contributed by atoms with E-state index in [2.05, 4.69) is 5.32 Å². The average molecular weight is 295 g/mol. The van der Waals surface area contributed by atoms with Crippen LogP contribution in [-0.2, 0) is 9.59 Å². The van der Waals surface area contributed by atoms with E-state index < -0.39 is 24.0 Å². The zero-order valence-corrected chi connectivity index (χ0v) is 12.4. The summed E-state index contributed by atoms with van der Waals surface area (Å²) in [5.41, 5.74) is 0.396. The van der Waals surface area contributed by atoms with E-state index in [1.807, 2.05) is 13.8 Å². The van der Waals surface area contributed by atoms with Crippen molar-refractivity contribution in [2.75, 3.05) is 7.11 Å². The van der Waals surface area contributed by atoms with Crippen LogP contribution in [0.4, 0.5) is 0 Å². The fourth-order valence-corrected chi connectivity index (χ4v) is 1.87. The van der Waals surface area contributed by atoms with Crippen LogP contribution in [-0.4, -0.2) is 35.2 Å². The van der Waals surface area contributed by atoms with Crippen LogP contribution in [0.3, 0.4) is 0 Å². The number of ether oxygens (including phenoxy) is 1. The van der Waals surface area contributed by atoms with Crippen LogP contribution in [0.25, 0.3) is 0 Å². The molecule has 1 aromatic rings. The lowest BCUT2D eigenvalue weighted by Gasteiger charge is -2.21. The number of benzene rings is 1. The molecular weight excluding hydrogens is 274 g/mol. The highest BCUT2D eigenvalue weighted by Gasteiger charge is 2.29. The number of carbonyl (C=O) groups excluding carboxylic acids is 1. The maximum absolute atomic E-state index is 11.7. The molecule has 1 rings (SSSR count). The number of rotatable bonds is 7. The second kappa shape index (κ2) is 7.64. The number of aliphatic carboxylic acids is 1. The lowest BCUT2D eigenvalue weighted by molar-refractivity contribution is -0.145. The molecule has 0 saturated carbocycles. The first-order valence-corrected chi connectivity index (χ1v) is 6.69. The van der Waals surface area contributed by atoms with Crippen molar-refractivity contribution in [3.05, 3.63) is 29.8 Å². The Kier molecular flexibility index (Phi) is 6.17. The molecule has 1 aromatic carbocycles. The summed E-state index contributed by atoms with van der Waals surface area (Å²) >= 11 is 0. The molecule has 0 bridgehead atoms. The Hall–Kier alpha value is -2.08. The van der Waals surface area contributed by atoms with Crippen LogP contribution < -0.4 is 10.1 Å². The Morgan fingerprint density at radius 2 is 1.81 bits per heavy atom. The summed E-state index contributed by atoms with van der Waals surface area (Å²) in [5, 5.41) is 21.7. The largest absolute Gasteiger partial charge is 0.497 e. The molecule has 0 heterocycles. The standard InChI is InChI=1S/C15H21NO5/c1-9(2)8-12(17)16-13(15(19)20)14(18)10-4-6-11(21-3)7-5-10/h4-7,9,13-14,18H,8H2,1-3H3,(H,16,17)(H,19,20). The van der Waals surface area contributed by atoms with Gasteiger partial charge in [-0.15, -0.1) is 0 Å². The van der Waals surface area contributed by atoms with Crippen LogP contribution in [0.15, 0.2) is 24.3 Å². The quantitative estimate of drug-likeness (QED) is 0.705. The van der Waals surface area contributed by atoms with Gasteiger partial charge in [0.25, 0.3) is 0 Å². The molecule has 0 aliphatic rings. The highest BCUT2D eigenvalue weighted by atomic mass is 16.5. The van der Waals surface area contributed by atoms with Crippen molar-refractivity contribution < 1.29 is 24.5 Å². The molecule has 6 heteroatoms. The van der Waals surface area contributed by atoms with E-state index in [1.165, 1.54) is 7.11 Å². The fraction of sp³-hybridized carbons (Fsp3) is 0.467. The maximum atomic E-state index is 11.7. The van der Waals surface area contributed by atoms with Crippen LogP contribution in [0.1, 0.15) is 31.9 Å². The Morgan fingerprint density at radius 1 is 1.24 bits per heavy atom. The first-order chi connectivity index (χ1) is 9.85. The van der Waals surface area contributed by atoms with E-state index in [0.29, 0.717) is 11.3 Å². The third-order valence-electron chi connectivity index (χ3n) is 2.95. The van der Waals surface area contributed by atoms with Crippen molar-refractivity contribution in [1.82, 2.24) is 5.32 Å². The summed E-state index contributed by atoms with van der Waals surface area (Å²) in [4.78, 5) is 23.0. The van der Waals surface area contributed by atoms with Gasteiger partial charge in [0.15, 0.2) is 6.04 Å². The predicted octanol–water partition coefficient (Wildman–Crippen LogP) is 1.34. The normalized spacial score (nSPS) is 13.6. The lowest BCUT2D eigenvalue weighted by atomic mass is 10.0. The number of amides is 1. The third-order valence-corrected chi connectivity index (χ3v) is 2.95. The van der Waals surface area contributed by atoms with Crippen LogP contribution in [0, 0.1) is 5.92 Å². The minimum Gasteiger partial charge on any atom is -0.497 e. The van der Waals surface area contributed by atoms with Gasteiger partial charge in [-0.25, -0.2) is 4.79 Å². The van der Waals surface area contributed by atoms with Crippen molar-refractivity contribution >= 4 is 11.9 Å². The topological polar surface area (TPSA) is 95.9 Å². The number of aliphatic hydroxyl groups excluding tert-OH is 1. The number of aliphatic hydroxyl groups is 1. The molecule has 0 aliphatic carbocycles. The number of hydrogen-bond donors (Lipinski definition) is 3. The molecule has 3 N–H and O–H groups in total. The molecular formula is C15H21NO5. The van der Waals surface area contributed by atoms with Crippen molar-refractivity contribution in [3.63, 3.8) is 0 Å². The van der Waals surface area contributed by atoms with Gasteiger partial charge in [0.1, 0.15) is 11.9 Å². The summed E-state index contributed by atoms with van der Waals surface area (Å²) in [7, 11) is 1.51. The highest BCUT2D eigenvalue weighted by molar-refractivity contribution is 5.84. The molecule has 0 spiro atoms. The fourth-order valence-electron chi connectivity index (χ4n) is 1.87. The Bertz CT molecular complexity index is 483. The number of nitrogens with one attached hydrogen (secondary N) is 1. The second-order valence-corrected chi connectivity index (χ2v) is 5.20. The minimum atomic E-state index is -1.38. The van der Waals surface area contributed by atoms with E-state index in [0.717, 1.165) is 0 Å². The van der Waals surface area contributed by atoms with Crippen molar-refractivity contribution in [2.24, 2.45) is 5.92 Å². The molecule has 6 nitrogen and oxygen atoms in total. The van der Waals surface area contributed by atoms with Crippen LogP contribution in [0.5, 0.6) is 5.75 Å². The van der Waals surface area contributed by atoms with E-state index >= 15 is 0 Å². The summed E-state index contributed by atoms with van der Waals surface area (Å²) in [6, 6.07) is 4.98. The number of carboxylic acids is 1. The van der Waals surface area contributed by atoms with E-state index in [9.17, 15) is 19.8 Å². The lowest BCUT2D eigenvalue weighted by Crippen LogP contribution is -2.45. The van der Waals surface area contributed by atoms with E-state index in [-0.39, 0.29) is 12.3 Å². The highest BCUT2D eigenvalue weighted by Crippen LogP contribution is 2.20. The van der Waals surface area contributed by atoms with Gasteiger partial charge in [-0.3, -0.25) is 4.79 Å². The second-order valence-electron chi connectivity index (χ2n) is 5.20. The monoisotopic (exact) mass is 295 g/mol. The molecule has 0 radical (unpaired) electrons. The summed E-state index contributed by atoms with van der Waals surface area (Å²) in [6.45, 7) is 3.71. The minimum absolute atomic E-state index is 0.109. The summed E-state index contributed by atoms with van der Waals surface area (Å²) < 4.78 is 5.00. The molecule has 1 amide bonds. The molecule has 2 atom stereocenters. The molecule has 0 saturated heterocycles.